The molecule has 2 rings (SSSR count). The number of aliphatic carboxylic acids is 1. The number of nitrogens with zero attached hydrogens (tertiary/aromatic N) is 2. The minimum Gasteiger partial charge on any atom is -0.496 e. The fourth-order valence-corrected chi connectivity index (χ4v) is 3.53. The number of hydrogen-bond donors (Lipinski definition) is 2. The van der Waals surface area contributed by atoms with Crippen molar-refractivity contribution < 1.29 is 24.2 Å². The van der Waals surface area contributed by atoms with Crippen LogP contribution >= 0.6 is 23.5 Å². The van der Waals surface area contributed by atoms with Crippen LogP contribution < -0.4 is 14.8 Å². The Balaban J connectivity index is 2.16. The Bertz CT molecular complexity index is 736. The van der Waals surface area contributed by atoms with Gasteiger partial charge in [0.25, 0.3) is 0 Å². The SMILES string of the molecule is COc1cc(SC)c(OC)cc1C=NN=C1NC(=O)C(CC(=O)O)S1. The van der Waals surface area contributed by atoms with Gasteiger partial charge in [-0.2, -0.15) is 5.10 Å². The summed E-state index contributed by atoms with van der Waals surface area (Å²) < 4.78 is 10.7. The molecule has 10 heteroatoms. The van der Waals surface area contributed by atoms with Crippen LogP contribution in [0.1, 0.15) is 12.0 Å². The second-order valence-electron chi connectivity index (χ2n) is 4.79. The maximum absolute atomic E-state index is 11.6. The number of thioether (sulfide) groups is 2. The molecule has 0 radical (unpaired) electrons. The largest absolute Gasteiger partial charge is 0.496 e. The smallest absolute Gasteiger partial charge is 0.305 e. The van der Waals surface area contributed by atoms with Crippen molar-refractivity contribution in [3.8, 4) is 11.5 Å². The van der Waals surface area contributed by atoms with E-state index in [2.05, 4.69) is 15.5 Å². The highest BCUT2D eigenvalue weighted by atomic mass is 32.2. The lowest BCUT2D eigenvalue weighted by atomic mass is 10.2. The summed E-state index contributed by atoms with van der Waals surface area (Å²) in [5.41, 5.74) is 0.665. The molecule has 0 saturated carbocycles. The summed E-state index contributed by atoms with van der Waals surface area (Å²) in [6, 6.07) is 3.62. The third-order valence-electron chi connectivity index (χ3n) is 3.22. The molecule has 1 amide bonds. The summed E-state index contributed by atoms with van der Waals surface area (Å²) in [5.74, 6) is -0.124. The molecule has 1 saturated heterocycles. The zero-order valence-electron chi connectivity index (χ0n) is 13.8. The molecule has 0 aliphatic carbocycles. The van der Waals surface area contributed by atoms with Crippen molar-refractivity contribution in [3.63, 3.8) is 0 Å². The zero-order chi connectivity index (χ0) is 18.4. The van der Waals surface area contributed by atoms with E-state index in [1.807, 2.05) is 12.3 Å². The van der Waals surface area contributed by atoms with Crippen LogP contribution in [0.15, 0.2) is 27.2 Å². The maximum Gasteiger partial charge on any atom is 0.305 e. The first-order valence-electron chi connectivity index (χ1n) is 7.08. The van der Waals surface area contributed by atoms with E-state index in [1.165, 1.54) is 18.0 Å². The predicted octanol–water partition coefficient (Wildman–Crippen LogP) is 1.82. The molecule has 1 atom stereocenters. The van der Waals surface area contributed by atoms with Crippen LogP contribution in [-0.2, 0) is 9.59 Å². The van der Waals surface area contributed by atoms with Crippen molar-refractivity contribution >= 4 is 46.8 Å². The van der Waals surface area contributed by atoms with Gasteiger partial charge in [0.1, 0.15) is 16.7 Å². The van der Waals surface area contributed by atoms with Crippen LogP contribution in [0.25, 0.3) is 0 Å². The minimum absolute atomic E-state index is 0.263. The monoisotopic (exact) mass is 383 g/mol. The quantitative estimate of drug-likeness (QED) is 0.420. The van der Waals surface area contributed by atoms with Gasteiger partial charge in [-0.05, 0) is 18.4 Å². The Hall–Kier alpha value is -2.20. The van der Waals surface area contributed by atoms with E-state index in [0.717, 1.165) is 16.7 Å². The van der Waals surface area contributed by atoms with Crippen LogP contribution in [0.5, 0.6) is 11.5 Å². The third-order valence-corrected chi connectivity index (χ3v) is 5.05. The van der Waals surface area contributed by atoms with E-state index in [4.69, 9.17) is 14.6 Å². The maximum atomic E-state index is 11.6. The first-order valence-corrected chi connectivity index (χ1v) is 9.19. The third kappa shape index (κ3) is 4.89. The second-order valence-corrected chi connectivity index (χ2v) is 6.83. The molecule has 134 valence electrons. The van der Waals surface area contributed by atoms with E-state index in [-0.39, 0.29) is 17.5 Å². The molecule has 1 heterocycles. The van der Waals surface area contributed by atoms with Gasteiger partial charge in [-0.15, -0.1) is 16.9 Å². The molecule has 1 aliphatic rings. The number of nitrogens with one attached hydrogen (secondary N) is 1. The van der Waals surface area contributed by atoms with Crippen molar-refractivity contribution in [1.82, 2.24) is 5.32 Å². The molecule has 0 aromatic heterocycles. The molecule has 1 aromatic carbocycles. The molecular weight excluding hydrogens is 366 g/mol. The predicted molar refractivity (Wildman–Crippen MR) is 98.1 cm³/mol. The highest BCUT2D eigenvalue weighted by molar-refractivity contribution is 8.15. The number of carbonyl (C=O) groups excluding carboxylic acids is 1. The van der Waals surface area contributed by atoms with Crippen LogP contribution in [0.2, 0.25) is 0 Å². The molecule has 1 fully saturated rings. The van der Waals surface area contributed by atoms with Gasteiger partial charge in [-0.3, -0.25) is 9.59 Å². The van der Waals surface area contributed by atoms with Gasteiger partial charge in [-0.25, -0.2) is 0 Å². The molecular formula is C15H17N3O5S2. The number of amidine groups is 1. The average molecular weight is 383 g/mol. The summed E-state index contributed by atoms with van der Waals surface area (Å²) in [5, 5.41) is 18.7. The molecule has 1 unspecified atom stereocenters. The van der Waals surface area contributed by atoms with Gasteiger partial charge in [0, 0.05) is 5.56 Å². The summed E-state index contributed by atoms with van der Waals surface area (Å²) >= 11 is 2.57. The Morgan fingerprint density at radius 3 is 2.72 bits per heavy atom. The minimum atomic E-state index is -1.04. The molecule has 8 nitrogen and oxygen atoms in total. The number of ether oxygens (including phenoxy) is 2. The average Bonchev–Trinajstić information content (AvgIpc) is 2.93. The van der Waals surface area contributed by atoms with Crippen molar-refractivity contribution in [1.29, 1.82) is 0 Å². The highest BCUT2D eigenvalue weighted by Crippen LogP contribution is 2.33. The van der Waals surface area contributed by atoms with Crippen LogP contribution in [0.4, 0.5) is 0 Å². The normalized spacial score (nSPS) is 18.6. The van der Waals surface area contributed by atoms with Crippen LogP contribution in [0, 0.1) is 0 Å². The fraction of sp³-hybridized carbons (Fsp3) is 0.333. The first-order chi connectivity index (χ1) is 12.0. The van der Waals surface area contributed by atoms with Gasteiger partial charge in [0.05, 0.1) is 31.8 Å². The lowest BCUT2D eigenvalue weighted by molar-refractivity contribution is -0.138. The molecule has 0 spiro atoms. The number of hydrogen-bond acceptors (Lipinski definition) is 8. The zero-order valence-corrected chi connectivity index (χ0v) is 15.4. The van der Waals surface area contributed by atoms with Crippen molar-refractivity contribution in [2.45, 2.75) is 16.6 Å². The van der Waals surface area contributed by atoms with E-state index >= 15 is 0 Å². The summed E-state index contributed by atoms with van der Waals surface area (Å²) in [6.45, 7) is 0. The number of carbonyl (C=O) groups is 2. The summed E-state index contributed by atoms with van der Waals surface area (Å²) in [4.78, 5) is 23.3. The van der Waals surface area contributed by atoms with Crippen LogP contribution in [0.3, 0.4) is 0 Å². The summed E-state index contributed by atoms with van der Waals surface area (Å²) in [7, 11) is 3.13. The topological polar surface area (TPSA) is 110 Å². The Morgan fingerprint density at radius 2 is 2.12 bits per heavy atom. The Labute approximate surface area is 153 Å². The molecule has 25 heavy (non-hydrogen) atoms. The number of amides is 1. The van der Waals surface area contributed by atoms with Gasteiger partial charge in [-0.1, -0.05) is 11.8 Å². The molecule has 0 bridgehead atoms. The first kappa shape index (κ1) is 19.1. The number of carboxylic acids is 1. The van der Waals surface area contributed by atoms with E-state index in [0.29, 0.717) is 17.1 Å². The molecule has 1 aromatic rings. The Kier molecular flexibility index (Phi) is 6.71. The molecule has 2 N–H and O–H groups in total. The van der Waals surface area contributed by atoms with E-state index in [1.54, 1.807) is 20.3 Å². The number of carboxylic acid groups (broad SMARTS) is 1. The van der Waals surface area contributed by atoms with E-state index < -0.39 is 11.2 Å². The standard InChI is InChI=1S/C15H17N3O5S2/c1-22-9-5-11(24-3)10(23-2)4-8(9)7-16-18-15-17-14(21)12(25-15)6-13(19)20/h4-5,7,12H,6H2,1-3H3,(H,19,20)(H,17,18,21). The second kappa shape index (κ2) is 8.77. The van der Waals surface area contributed by atoms with Gasteiger partial charge < -0.3 is 19.9 Å². The van der Waals surface area contributed by atoms with Gasteiger partial charge in [0.2, 0.25) is 5.91 Å². The number of benzene rings is 1. The van der Waals surface area contributed by atoms with Crippen LogP contribution in [-0.4, -0.2) is 54.1 Å². The highest BCUT2D eigenvalue weighted by Gasteiger charge is 2.32. The lowest BCUT2D eigenvalue weighted by Gasteiger charge is -2.11. The fourth-order valence-electron chi connectivity index (χ4n) is 2.04. The van der Waals surface area contributed by atoms with Crippen molar-refractivity contribution in [2.75, 3.05) is 20.5 Å². The Morgan fingerprint density at radius 1 is 1.40 bits per heavy atom. The number of rotatable bonds is 7. The van der Waals surface area contributed by atoms with Gasteiger partial charge in [0.15, 0.2) is 5.17 Å². The van der Waals surface area contributed by atoms with Crippen molar-refractivity contribution in [2.24, 2.45) is 10.2 Å². The van der Waals surface area contributed by atoms with Crippen molar-refractivity contribution in [3.05, 3.63) is 17.7 Å². The van der Waals surface area contributed by atoms with Gasteiger partial charge >= 0.3 is 5.97 Å². The lowest BCUT2D eigenvalue weighted by Crippen LogP contribution is -2.26. The van der Waals surface area contributed by atoms with E-state index in [9.17, 15) is 9.59 Å². The number of methoxy groups -OCH3 is 2. The summed E-state index contributed by atoms with van der Waals surface area (Å²) in [6.07, 6.45) is 3.15. The molecule has 1 aliphatic heterocycles.